The monoisotopic (exact) mass is 466 g/mol. The normalized spacial score (nSPS) is 23.8. The number of carbonyl (C=O) groups excluding carboxylic acids is 3. The van der Waals surface area contributed by atoms with Gasteiger partial charge in [-0.2, -0.15) is 0 Å². The Labute approximate surface area is 196 Å². The molecular weight excluding hydrogens is 428 g/mol. The molecule has 0 aromatic rings. The minimum atomic E-state index is -1.15. The first-order chi connectivity index (χ1) is 15.3. The van der Waals surface area contributed by atoms with Crippen LogP contribution in [0.15, 0.2) is 37.6 Å². The van der Waals surface area contributed by atoms with Crippen molar-refractivity contribution in [3.05, 3.63) is 37.6 Å². The second-order valence-electron chi connectivity index (χ2n) is 8.71. The van der Waals surface area contributed by atoms with Gasteiger partial charge in [-0.15, -0.1) is 0 Å². The molecule has 2 rings (SSSR count). The molecule has 0 aromatic heterocycles. The smallest absolute Gasteiger partial charge is 0.331 e. The molecule has 2 aliphatic rings. The molecule has 8 heteroatoms. The average Bonchev–Trinajstić information content (AvgIpc) is 3.07. The van der Waals surface area contributed by atoms with E-state index in [0.29, 0.717) is 17.9 Å². The van der Waals surface area contributed by atoms with E-state index in [0.717, 1.165) is 37.7 Å². The number of aliphatic carboxylic acids is 1. The van der Waals surface area contributed by atoms with E-state index in [1.165, 1.54) is 25.8 Å². The molecule has 0 aliphatic heterocycles. The summed E-state index contributed by atoms with van der Waals surface area (Å²) < 4.78 is 14.3. The summed E-state index contributed by atoms with van der Waals surface area (Å²) in [5.74, 6) is -1.65. The minimum Gasteiger partial charge on any atom is -0.478 e. The molecule has 0 heterocycles. The van der Waals surface area contributed by atoms with Crippen molar-refractivity contribution in [1.29, 1.82) is 0 Å². The van der Waals surface area contributed by atoms with Gasteiger partial charge in [0.15, 0.2) is 0 Å². The van der Waals surface area contributed by atoms with Crippen LogP contribution in [-0.4, -0.2) is 41.7 Å². The Morgan fingerprint density at radius 1 is 1.09 bits per heavy atom. The summed E-state index contributed by atoms with van der Waals surface area (Å²) in [6, 6.07) is 0. The standard InChI is InChI=1S/C13H20O2.C8H12O4.C4H6O2/c1-5-11(14)15-10-8-9-6-7-13(10,4)12(9,2)3;1-2-3-6-12-8(11)5-4-7(9)10;1-3-6-4(2)5/h5,9-10H,1,6-8H2,2-4H3;4-5H,2-3,6H2,1H3,(H,9,10);3H,1H2,2H3/b;5-4+;. The number of unbranched alkanes of at least 4 members (excludes halogenated alkanes) is 1. The van der Waals surface area contributed by atoms with Crippen LogP contribution in [0, 0.1) is 16.7 Å². The Balaban J connectivity index is 0.000000511. The van der Waals surface area contributed by atoms with E-state index in [-0.39, 0.29) is 23.5 Å². The quantitative estimate of drug-likeness (QED) is 0.181. The number of hydrogen-bond donors (Lipinski definition) is 1. The summed E-state index contributed by atoms with van der Waals surface area (Å²) in [5.41, 5.74) is 0.468. The summed E-state index contributed by atoms with van der Waals surface area (Å²) in [6.07, 6.45) is 9.35. The van der Waals surface area contributed by atoms with Crippen LogP contribution in [0.1, 0.15) is 66.7 Å². The fraction of sp³-hybridized carbons (Fsp3) is 0.600. The lowest BCUT2D eigenvalue weighted by Crippen LogP contribution is -2.38. The van der Waals surface area contributed by atoms with Crippen molar-refractivity contribution in [3.8, 4) is 0 Å². The van der Waals surface area contributed by atoms with E-state index in [4.69, 9.17) is 9.84 Å². The van der Waals surface area contributed by atoms with Gasteiger partial charge in [0, 0.05) is 30.6 Å². The molecule has 0 saturated heterocycles. The summed E-state index contributed by atoms with van der Waals surface area (Å²) in [7, 11) is 0. The molecule has 186 valence electrons. The molecule has 33 heavy (non-hydrogen) atoms. The molecule has 3 atom stereocenters. The zero-order chi connectivity index (χ0) is 25.7. The van der Waals surface area contributed by atoms with Crippen LogP contribution in [0.2, 0.25) is 0 Å². The predicted octanol–water partition coefficient (Wildman–Crippen LogP) is 4.59. The van der Waals surface area contributed by atoms with Crippen molar-refractivity contribution in [1.82, 2.24) is 0 Å². The summed E-state index contributed by atoms with van der Waals surface area (Å²) >= 11 is 0. The number of rotatable bonds is 8. The Kier molecular flexibility index (Phi) is 13.0. The summed E-state index contributed by atoms with van der Waals surface area (Å²) in [5, 5.41) is 8.14. The third-order valence-corrected chi connectivity index (χ3v) is 6.49. The van der Waals surface area contributed by atoms with Crippen LogP contribution >= 0.6 is 0 Å². The molecular formula is C25H38O8. The molecule has 0 aromatic carbocycles. The van der Waals surface area contributed by atoms with Gasteiger partial charge < -0.3 is 19.3 Å². The molecule has 2 bridgehead atoms. The number of fused-ring (bicyclic) bond motifs is 2. The van der Waals surface area contributed by atoms with E-state index < -0.39 is 11.9 Å². The number of ether oxygens (including phenoxy) is 3. The highest BCUT2D eigenvalue weighted by atomic mass is 16.5. The lowest BCUT2D eigenvalue weighted by molar-refractivity contribution is -0.150. The number of carboxylic acid groups (broad SMARTS) is 1. The van der Waals surface area contributed by atoms with Crippen molar-refractivity contribution in [3.63, 3.8) is 0 Å². The van der Waals surface area contributed by atoms with E-state index in [9.17, 15) is 19.2 Å². The number of carboxylic acids is 1. The molecule has 2 fully saturated rings. The first kappa shape index (κ1) is 30.1. The maximum atomic E-state index is 11.3. The lowest BCUT2D eigenvalue weighted by atomic mass is 9.70. The van der Waals surface area contributed by atoms with Crippen LogP contribution in [0.5, 0.6) is 0 Å². The van der Waals surface area contributed by atoms with Crippen molar-refractivity contribution in [2.45, 2.75) is 72.8 Å². The van der Waals surface area contributed by atoms with Crippen LogP contribution in [-0.2, 0) is 33.4 Å². The van der Waals surface area contributed by atoms with Gasteiger partial charge in [-0.05, 0) is 37.0 Å². The van der Waals surface area contributed by atoms with E-state index in [1.807, 2.05) is 6.92 Å². The maximum Gasteiger partial charge on any atom is 0.331 e. The topological polar surface area (TPSA) is 116 Å². The molecule has 8 nitrogen and oxygen atoms in total. The van der Waals surface area contributed by atoms with Gasteiger partial charge in [0.1, 0.15) is 6.10 Å². The first-order valence-corrected chi connectivity index (χ1v) is 11.0. The Hall–Kier alpha value is -2.90. The molecule has 1 N–H and O–H groups in total. The SMILES string of the molecule is C=CC(=O)OC1CC2CCC1(C)C2(C)C.C=COC(C)=O.CCCCOC(=O)/C=C/C(=O)O. The molecule has 0 amide bonds. The summed E-state index contributed by atoms with van der Waals surface area (Å²) in [6.45, 7) is 17.1. The van der Waals surface area contributed by atoms with Gasteiger partial charge in [-0.3, -0.25) is 4.79 Å². The molecule has 2 saturated carbocycles. The van der Waals surface area contributed by atoms with Crippen molar-refractivity contribution in [2.24, 2.45) is 16.7 Å². The van der Waals surface area contributed by atoms with Crippen molar-refractivity contribution >= 4 is 23.9 Å². The molecule has 0 spiro atoms. The van der Waals surface area contributed by atoms with Crippen molar-refractivity contribution in [2.75, 3.05) is 6.61 Å². The zero-order valence-electron chi connectivity index (χ0n) is 20.4. The maximum absolute atomic E-state index is 11.3. The first-order valence-electron chi connectivity index (χ1n) is 11.0. The van der Waals surface area contributed by atoms with Gasteiger partial charge in [0.2, 0.25) is 0 Å². The predicted molar refractivity (Wildman–Crippen MR) is 124 cm³/mol. The van der Waals surface area contributed by atoms with E-state index in [2.05, 4.69) is 43.4 Å². The highest BCUT2D eigenvalue weighted by Gasteiger charge is 2.62. The lowest BCUT2D eigenvalue weighted by Gasteiger charge is -2.38. The fourth-order valence-corrected chi connectivity index (χ4v) is 4.12. The van der Waals surface area contributed by atoms with Gasteiger partial charge in [-0.1, -0.05) is 47.3 Å². The van der Waals surface area contributed by atoms with Crippen LogP contribution in [0.25, 0.3) is 0 Å². The largest absolute Gasteiger partial charge is 0.478 e. The third-order valence-electron chi connectivity index (χ3n) is 6.49. The van der Waals surface area contributed by atoms with Crippen LogP contribution in [0.3, 0.4) is 0 Å². The van der Waals surface area contributed by atoms with Gasteiger partial charge in [0.25, 0.3) is 0 Å². The second-order valence-corrected chi connectivity index (χ2v) is 8.71. The Morgan fingerprint density at radius 3 is 2.09 bits per heavy atom. The Morgan fingerprint density at radius 2 is 1.73 bits per heavy atom. The molecule has 3 unspecified atom stereocenters. The van der Waals surface area contributed by atoms with E-state index >= 15 is 0 Å². The van der Waals surface area contributed by atoms with Crippen LogP contribution < -0.4 is 0 Å². The molecule has 2 aliphatic carbocycles. The van der Waals surface area contributed by atoms with Gasteiger partial charge in [-0.25, -0.2) is 14.4 Å². The molecule has 0 radical (unpaired) electrons. The number of hydrogen-bond acceptors (Lipinski definition) is 7. The van der Waals surface area contributed by atoms with E-state index in [1.54, 1.807) is 0 Å². The number of esters is 3. The number of carbonyl (C=O) groups is 4. The highest BCUT2D eigenvalue weighted by molar-refractivity contribution is 5.90. The second kappa shape index (κ2) is 14.3. The minimum absolute atomic E-state index is 0.0942. The van der Waals surface area contributed by atoms with Gasteiger partial charge in [0.05, 0.1) is 12.9 Å². The third kappa shape index (κ3) is 9.63. The van der Waals surface area contributed by atoms with Gasteiger partial charge >= 0.3 is 23.9 Å². The Bertz CT molecular complexity index is 737. The van der Waals surface area contributed by atoms with Crippen molar-refractivity contribution < 1.29 is 38.5 Å². The average molecular weight is 467 g/mol. The highest BCUT2D eigenvalue weighted by Crippen LogP contribution is 2.66. The summed E-state index contributed by atoms with van der Waals surface area (Å²) in [4.78, 5) is 41.6. The fourth-order valence-electron chi connectivity index (χ4n) is 4.12. The van der Waals surface area contributed by atoms with Crippen LogP contribution in [0.4, 0.5) is 0 Å². The zero-order valence-corrected chi connectivity index (χ0v) is 20.4.